The maximum Gasteiger partial charge on any atom is 0.249 e. The lowest BCUT2D eigenvalue weighted by molar-refractivity contribution is -0.116. The van der Waals surface area contributed by atoms with E-state index >= 15 is 0 Å². The van der Waals surface area contributed by atoms with Crippen LogP contribution in [-0.2, 0) is 14.8 Å². The molecule has 10 heteroatoms. The number of hydrogen-bond donors (Lipinski definition) is 1. The molecule has 0 aliphatic heterocycles. The summed E-state index contributed by atoms with van der Waals surface area (Å²) in [6, 6.07) is 13.3. The molecule has 0 saturated carbocycles. The molecule has 1 heterocycles. The highest BCUT2D eigenvalue weighted by Crippen LogP contribution is 2.28. The number of aryl methyl sites for hydroxylation is 1. The molecule has 30 heavy (non-hydrogen) atoms. The van der Waals surface area contributed by atoms with E-state index in [-0.39, 0.29) is 5.13 Å². The van der Waals surface area contributed by atoms with Gasteiger partial charge < -0.3 is 4.74 Å². The van der Waals surface area contributed by atoms with Gasteiger partial charge in [0, 0.05) is 5.56 Å². The lowest BCUT2D eigenvalue weighted by Gasteiger charge is -2.28. The van der Waals surface area contributed by atoms with Crippen LogP contribution >= 0.6 is 11.3 Å². The molecule has 1 aromatic heterocycles. The zero-order valence-electron chi connectivity index (χ0n) is 17.0. The average Bonchev–Trinajstić information content (AvgIpc) is 3.15. The molecule has 0 spiro atoms. The standard InChI is InChI=1S/C20H22N4O4S2/c1-13-6-5-7-16(12-13)24(30(4,26)27)14(2)18(25)21-20-23-22-19(29-20)15-8-10-17(28-3)11-9-15/h5-12,14H,1-4H3,(H,21,23,25)/t14-/m1/s1. The highest BCUT2D eigenvalue weighted by Gasteiger charge is 2.29. The van der Waals surface area contributed by atoms with Gasteiger partial charge in [-0.2, -0.15) is 0 Å². The summed E-state index contributed by atoms with van der Waals surface area (Å²) in [5.41, 5.74) is 2.15. The third-order valence-electron chi connectivity index (χ3n) is 4.34. The number of carbonyl (C=O) groups is 1. The fourth-order valence-electron chi connectivity index (χ4n) is 2.91. The molecule has 0 aliphatic rings. The van der Waals surface area contributed by atoms with Crippen molar-refractivity contribution in [3.63, 3.8) is 0 Å². The van der Waals surface area contributed by atoms with Crippen molar-refractivity contribution in [1.29, 1.82) is 0 Å². The van der Waals surface area contributed by atoms with Crippen LogP contribution in [0.5, 0.6) is 5.75 Å². The number of ether oxygens (including phenoxy) is 1. The third-order valence-corrected chi connectivity index (χ3v) is 6.47. The molecule has 3 rings (SSSR count). The average molecular weight is 447 g/mol. The molecule has 3 aromatic rings. The van der Waals surface area contributed by atoms with Gasteiger partial charge in [0.05, 0.1) is 19.1 Å². The molecule has 8 nitrogen and oxygen atoms in total. The van der Waals surface area contributed by atoms with E-state index in [1.165, 1.54) is 18.3 Å². The van der Waals surface area contributed by atoms with Crippen LogP contribution in [0.4, 0.5) is 10.8 Å². The van der Waals surface area contributed by atoms with Crippen molar-refractivity contribution in [2.75, 3.05) is 23.0 Å². The SMILES string of the molecule is COc1ccc(-c2nnc(NC(=O)[C@@H](C)N(c3cccc(C)c3)S(C)(=O)=O)s2)cc1. The van der Waals surface area contributed by atoms with E-state index in [1.54, 1.807) is 25.3 Å². The lowest BCUT2D eigenvalue weighted by Crippen LogP contribution is -2.45. The number of hydrogen-bond acceptors (Lipinski definition) is 7. The Kier molecular flexibility index (Phi) is 6.37. The fourth-order valence-corrected chi connectivity index (χ4v) is 4.83. The van der Waals surface area contributed by atoms with Crippen LogP contribution in [0.15, 0.2) is 48.5 Å². The summed E-state index contributed by atoms with van der Waals surface area (Å²) < 4.78 is 31.0. The zero-order valence-corrected chi connectivity index (χ0v) is 18.6. The molecule has 1 N–H and O–H groups in total. The number of sulfonamides is 1. The highest BCUT2D eigenvalue weighted by atomic mass is 32.2. The minimum atomic E-state index is -3.69. The first-order valence-corrected chi connectivity index (χ1v) is 11.7. The molecular formula is C20H22N4O4S2. The van der Waals surface area contributed by atoms with Crippen molar-refractivity contribution >= 4 is 38.1 Å². The maximum absolute atomic E-state index is 12.8. The summed E-state index contributed by atoms with van der Waals surface area (Å²) in [7, 11) is -2.10. The summed E-state index contributed by atoms with van der Waals surface area (Å²) in [6.45, 7) is 3.39. The van der Waals surface area contributed by atoms with Crippen LogP contribution < -0.4 is 14.4 Å². The first-order chi connectivity index (χ1) is 14.2. The van der Waals surface area contributed by atoms with Gasteiger partial charge in [0.1, 0.15) is 16.8 Å². The van der Waals surface area contributed by atoms with Gasteiger partial charge in [0.15, 0.2) is 0 Å². The van der Waals surface area contributed by atoms with E-state index in [0.29, 0.717) is 10.7 Å². The molecule has 0 radical (unpaired) electrons. The second kappa shape index (κ2) is 8.80. The van der Waals surface area contributed by atoms with Crippen LogP contribution in [0.2, 0.25) is 0 Å². The number of benzene rings is 2. The number of nitrogens with zero attached hydrogens (tertiary/aromatic N) is 3. The fraction of sp³-hybridized carbons (Fsp3) is 0.250. The molecule has 0 unspecified atom stereocenters. The molecule has 158 valence electrons. The summed E-state index contributed by atoms with van der Waals surface area (Å²) >= 11 is 1.20. The smallest absolute Gasteiger partial charge is 0.249 e. The van der Waals surface area contributed by atoms with Crippen molar-refractivity contribution in [2.24, 2.45) is 0 Å². The second-order valence-electron chi connectivity index (χ2n) is 6.70. The van der Waals surface area contributed by atoms with E-state index in [4.69, 9.17) is 4.74 Å². The molecule has 0 bridgehead atoms. The van der Waals surface area contributed by atoms with Gasteiger partial charge >= 0.3 is 0 Å². The summed E-state index contributed by atoms with van der Waals surface area (Å²) in [5, 5.41) is 11.7. The third kappa shape index (κ3) is 4.95. The van der Waals surface area contributed by atoms with Crippen molar-refractivity contribution in [3.8, 4) is 16.3 Å². The second-order valence-corrected chi connectivity index (χ2v) is 9.54. The number of rotatable bonds is 7. The Morgan fingerprint density at radius 2 is 1.87 bits per heavy atom. The molecular weight excluding hydrogens is 424 g/mol. The number of amides is 1. The van der Waals surface area contributed by atoms with E-state index in [1.807, 2.05) is 37.3 Å². The molecule has 0 fully saturated rings. The van der Waals surface area contributed by atoms with E-state index < -0.39 is 22.0 Å². The van der Waals surface area contributed by atoms with Gasteiger partial charge in [-0.05, 0) is 55.8 Å². The Hall–Kier alpha value is -2.98. The largest absolute Gasteiger partial charge is 0.497 e. The number of aromatic nitrogens is 2. The summed E-state index contributed by atoms with van der Waals surface area (Å²) in [5.74, 6) is 0.224. The van der Waals surface area contributed by atoms with Gasteiger partial charge in [0.25, 0.3) is 0 Å². The van der Waals surface area contributed by atoms with E-state index in [9.17, 15) is 13.2 Å². The Morgan fingerprint density at radius 3 is 2.47 bits per heavy atom. The van der Waals surface area contributed by atoms with Crippen LogP contribution in [0.1, 0.15) is 12.5 Å². The number of nitrogens with one attached hydrogen (secondary N) is 1. The first kappa shape index (κ1) is 21.7. The van der Waals surface area contributed by atoms with Gasteiger partial charge in [-0.1, -0.05) is 23.5 Å². The summed E-state index contributed by atoms with van der Waals surface area (Å²) in [4.78, 5) is 12.8. The monoisotopic (exact) mass is 446 g/mol. The van der Waals surface area contributed by atoms with Crippen molar-refractivity contribution in [3.05, 3.63) is 54.1 Å². The summed E-state index contributed by atoms with van der Waals surface area (Å²) in [6.07, 6.45) is 1.08. The van der Waals surface area contributed by atoms with Crippen LogP contribution in [0.3, 0.4) is 0 Å². The lowest BCUT2D eigenvalue weighted by atomic mass is 10.2. The first-order valence-electron chi connectivity index (χ1n) is 9.04. The topological polar surface area (TPSA) is 101 Å². The molecule has 0 aliphatic carbocycles. The minimum absolute atomic E-state index is 0.287. The molecule has 1 amide bonds. The van der Waals surface area contributed by atoms with Crippen LogP contribution in [0, 0.1) is 6.92 Å². The minimum Gasteiger partial charge on any atom is -0.497 e. The predicted octanol–water partition coefficient (Wildman–Crippen LogP) is 3.32. The number of anilines is 2. The quantitative estimate of drug-likeness (QED) is 0.597. The van der Waals surface area contributed by atoms with Gasteiger partial charge in [-0.3, -0.25) is 14.4 Å². The normalized spacial score (nSPS) is 12.3. The van der Waals surface area contributed by atoms with Crippen molar-refractivity contribution < 1.29 is 17.9 Å². The Labute approximate surface area is 179 Å². The molecule has 1 atom stereocenters. The van der Waals surface area contributed by atoms with Crippen LogP contribution in [-0.4, -0.2) is 43.9 Å². The van der Waals surface area contributed by atoms with Gasteiger partial charge in [0.2, 0.25) is 21.1 Å². The number of carbonyl (C=O) groups excluding carboxylic acids is 1. The van der Waals surface area contributed by atoms with Crippen molar-refractivity contribution in [2.45, 2.75) is 19.9 Å². The molecule has 2 aromatic carbocycles. The Morgan fingerprint density at radius 1 is 1.17 bits per heavy atom. The Balaban J connectivity index is 1.79. The predicted molar refractivity (Wildman–Crippen MR) is 118 cm³/mol. The van der Waals surface area contributed by atoms with Crippen molar-refractivity contribution in [1.82, 2.24) is 10.2 Å². The van der Waals surface area contributed by atoms with E-state index in [2.05, 4.69) is 15.5 Å². The zero-order chi connectivity index (χ0) is 21.9. The Bertz CT molecular complexity index is 1140. The van der Waals surface area contributed by atoms with Gasteiger partial charge in [-0.25, -0.2) is 8.42 Å². The molecule has 0 saturated heterocycles. The van der Waals surface area contributed by atoms with Crippen LogP contribution in [0.25, 0.3) is 10.6 Å². The maximum atomic E-state index is 12.8. The van der Waals surface area contributed by atoms with Gasteiger partial charge in [-0.15, -0.1) is 10.2 Å². The highest BCUT2D eigenvalue weighted by molar-refractivity contribution is 7.92. The van der Waals surface area contributed by atoms with E-state index in [0.717, 1.165) is 27.4 Å². The number of methoxy groups -OCH3 is 1.